The molecule has 0 fully saturated rings. The van der Waals surface area contributed by atoms with Gasteiger partial charge in [-0.1, -0.05) is 30.3 Å². The molecule has 1 aromatic heterocycles. The van der Waals surface area contributed by atoms with E-state index in [-0.39, 0.29) is 11.6 Å². The van der Waals surface area contributed by atoms with E-state index in [1.807, 2.05) is 54.6 Å². The Hall–Kier alpha value is -3.74. The summed E-state index contributed by atoms with van der Waals surface area (Å²) >= 11 is 0. The Bertz CT molecular complexity index is 915. The molecule has 2 aromatic carbocycles. The predicted octanol–water partition coefficient (Wildman–Crippen LogP) is 4.22. The summed E-state index contributed by atoms with van der Waals surface area (Å²) < 4.78 is 10.6. The Morgan fingerprint density at radius 2 is 1.69 bits per heavy atom. The number of ether oxygens (including phenoxy) is 1. The average molecular weight is 349 g/mol. The SMILES string of the molecule is O=[N+]([O-])c1ccc(/C=N/N=C/c2ccc(OCc3ccccc3)cc2)o1. The minimum absolute atomic E-state index is 0.263. The van der Waals surface area contributed by atoms with E-state index >= 15 is 0 Å². The molecular formula is C19H15N3O4. The summed E-state index contributed by atoms with van der Waals surface area (Å²) in [6, 6.07) is 20.1. The number of benzene rings is 2. The molecule has 0 unspecified atom stereocenters. The zero-order valence-electron chi connectivity index (χ0n) is 13.7. The van der Waals surface area contributed by atoms with Crippen LogP contribution in [0, 0.1) is 10.1 Å². The number of hydrogen-bond donors (Lipinski definition) is 0. The standard InChI is InChI=1S/C19H15N3O4/c23-22(24)19-11-10-18(26-19)13-21-20-12-15-6-8-17(9-7-15)25-14-16-4-2-1-3-5-16/h1-13H,14H2/b20-12+,21-13+. The molecule has 7 heteroatoms. The van der Waals surface area contributed by atoms with Crippen molar-refractivity contribution in [1.82, 2.24) is 0 Å². The lowest BCUT2D eigenvalue weighted by Gasteiger charge is -2.06. The van der Waals surface area contributed by atoms with Crippen LogP contribution in [0.25, 0.3) is 0 Å². The lowest BCUT2D eigenvalue weighted by molar-refractivity contribution is -0.402. The first-order chi connectivity index (χ1) is 12.7. The highest BCUT2D eigenvalue weighted by Gasteiger charge is 2.09. The summed E-state index contributed by atoms with van der Waals surface area (Å²) in [6.07, 6.45) is 2.87. The van der Waals surface area contributed by atoms with Crippen LogP contribution in [0.15, 0.2) is 81.4 Å². The van der Waals surface area contributed by atoms with Crippen LogP contribution in [-0.4, -0.2) is 17.4 Å². The Labute approximate surface area is 149 Å². The Balaban J connectivity index is 1.52. The third kappa shape index (κ3) is 4.88. The second-order valence-electron chi connectivity index (χ2n) is 5.27. The quantitative estimate of drug-likeness (QED) is 0.363. The van der Waals surface area contributed by atoms with Crippen LogP contribution in [0.3, 0.4) is 0 Å². The van der Waals surface area contributed by atoms with Crippen molar-refractivity contribution in [3.63, 3.8) is 0 Å². The summed E-state index contributed by atoms with van der Waals surface area (Å²) in [6.45, 7) is 0.508. The Kier molecular flexibility index (Phi) is 5.51. The topological polar surface area (TPSA) is 90.2 Å². The van der Waals surface area contributed by atoms with Crippen molar-refractivity contribution >= 4 is 18.3 Å². The number of rotatable bonds is 7. The van der Waals surface area contributed by atoms with E-state index in [1.165, 1.54) is 18.3 Å². The molecule has 7 nitrogen and oxygen atoms in total. The van der Waals surface area contributed by atoms with Crippen LogP contribution >= 0.6 is 0 Å². The van der Waals surface area contributed by atoms with Crippen molar-refractivity contribution in [1.29, 1.82) is 0 Å². The van der Waals surface area contributed by atoms with Crippen molar-refractivity contribution in [2.45, 2.75) is 6.61 Å². The summed E-state index contributed by atoms with van der Waals surface area (Å²) in [5.74, 6) is 0.692. The lowest BCUT2D eigenvalue weighted by atomic mass is 10.2. The van der Waals surface area contributed by atoms with E-state index in [9.17, 15) is 10.1 Å². The summed E-state index contributed by atoms with van der Waals surface area (Å²) in [4.78, 5) is 9.90. The molecule has 0 aliphatic heterocycles. The first-order valence-corrected chi connectivity index (χ1v) is 7.78. The number of nitrogens with zero attached hydrogens (tertiary/aromatic N) is 3. The molecule has 0 amide bonds. The van der Waals surface area contributed by atoms with Crippen LogP contribution in [0.2, 0.25) is 0 Å². The molecule has 0 N–H and O–H groups in total. The minimum atomic E-state index is -0.609. The van der Waals surface area contributed by atoms with Crippen molar-refractivity contribution in [3.8, 4) is 5.75 Å². The third-order valence-corrected chi connectivity index (χ3v) is 3.38. The monoisotopic (exact) mass is 349 g/mol. The van der Waals surface area contributed by atoms with Crippen LogP contribution in [0.4, 0.5) is 5.88 Å². The van der Waals surface area contributed by atoms with Crippen molar-refractivity contribution < 1.29 is 14.1 Å². The van der Waals surface area contributed by atoms with Gasteiger partial charge in [0, 0.05) is 0 Å². The predicted molar refractivity (Wildman–Crippen MR) is 97.8 cm³/mol. The number of hydrogen-bond acceptors (Lipinski definition) is 6. The van der Waals surface area contributed by atoms with Gasteiger partial charge in [0.25, 0.3) is 0 Å². The van der Waals surface area contributed by atoms with Gasteiger partial charge in [0.15, 0.2) is 5.76 Å². The van der Waals surface area contributed by atoms with E-state index in [4.69, 9.17) is 9.15 Å². The Morgan fingerprint density at radius 1 is 0.962 bits per heavy atom. The van der Waals surface area contributed by atoms with Gasteiger partial charge in [-0.3, -0.25) is 10.1 Å². The second kappa shape index (κ2) is 8.39. The lowest BCUT2D eigenvalue weighted by Crippen LogP contribution is -1.94. The molecule has 0 spiro atoms. The molecule has 130 valence electrons. The molecule has 26 heavy (non-hydrogen) atoms. The van der Waals surface area contributed by atoms with Crippen LogP contribution < -0.4 is 4.74 Å². The smallest absolute Gasteiger partial charge is 0.433 e. The fourth-order valence-electron chi connectivity index (χ4n) is 2.09. The molecule has 0 aliphatic carbocycles. The van der Waals surface area contributed by atoms with E-state index in [2.05, 4.69) is 10.2 Å². The van der Waals surface area contributed by atoms with Gasteiger partial charge in [-0.05, 0) is 41.5 Å². The fourth-order valence-corrected chi connectivity index (χ4v) is 2.09. The van der Waals surface area contributed by atoms with Gasteiger partial charge < -0.3 is 9.15 Å². The van der Waals surface area contributed by atoms with Crippen molar-refractivity contribution in [2.75, 3.05) is 0 Å². The minimum Gasteiger partial charge on any atom is -0.489 e. The van der Waals surface area contributed by atoms with Gasteiger partial charge in [0.05, 0.1) is 18.5 Å². The van der Waals surface area contributed by atoms with Crippen molar-refractivity contribution in [3.05, 3.63) is 93.7 Å². The first kappa shape index (κ1) is 17.1. The largest absolute Gasteiger partial charge is 0.489 e. The molecule has 0 aliphatic rings. The van der Waals surface area contributed by atoms with Gasteiger partial charge in [0.1, 0.15) is 17.3 Å². The summed E-state index contributed by atoms with van der Waals surface area (Å²) in [5.41, 5.74) is 1.95. The van der Waals surface area contributed by atoms with Crippen LogP contribution in [-0.2, 0) is 6.61 Å². The highest BCUT2D eigenvalue weighted by molar-refractivity contribution is 5.81. The molecule has 1 heterocycles. The van der Waals surface area contributed by atoms with Gasteiger partial charge in [-0.15, -0.1) is 0 Å². The summed E-state index contributed by atoms with van der Waals surface area (Å²) in [7, 11) is 0. The number of furan rings is 1. The molecular weight excluding hydrogens is 334 g/mol. The summed E-state index contributed by atoms with van der Waals surface area (Å²) in [5, 5.41) is 18.2. The Morgan fingerprint density at radius 3 is 2.38 bits per heavy atom. The van der Waals surface area contributed by atoms with Gasteiger partial charge >= 0.3 is 5.88 Å². The van der Waals surface area contributed by atoms with Gasteiger partial charge in [-0.2, -0.15) is 10.2 Å². The third-order valence-electron chi connectivity index (χ3n) is 3.38. The zero-order chi connectivity index (χ0) is 18.2. The van der Waals surface area contributed by atoms with E-state index in [0.717, 1.165) is 16.9 Å². The maximum Gasteiger partial charge on any atom is 0.433 e. The first-order valence-electron chi connectivity index (χ1n) is 7.78. The maximum absolute atomic E-state index is 10.5. The van der Waals surface area contributed by atoms with E-state index < -0.39 is 4.92 Å². The molecule has 0 saturated carbocycles. The van der Waals surface area contributed by atoms with Gasteiger partial charge in [-0.25, -0.2) is 0 Å². The second-order valence-corrected chi connectivity index (χ2v) is 5.27. The van der Waals surface area contributed by atoms with E-state index in [0.29, 0.717) is 6.61 Å². The molecule has 0 saturated heterocycles. The molecule has 3 aromatic rings. The van der Waals surface area contributed by atoms with Crippen molar-refractivity contribution in [2.24, 2.45) is 10.2 Å². The fraction of sp³-hybridized carbons (Fsp3) is 0.0526. The van der Waals surface area contributed by atoms with E-state index in [1.54, 1.807) is 6.21 Å². The number of nitro groups is 1. The van der Waals surface area contributed by atoms with Gasteiger partial charge in [0.2, 0.25) is 0 Å². The average Bonchev–Trinajstić information content (AvgIpc) is 3.15. The zero-order valence-corrected chi connectivity index (χ0v) is 13.7. The van der Waals surface area contributed by atoms with Crippen LogP contribution in [0.5, 0.6) is 5.75 Å². The highest BCUT2D eigenvalue weighted by atomic mass is 16.6. The maximum atomic E-state index is 10.5. The van der Waals surface area contributed by atoms with Crippen LogP contribution in [0.1, 0.15) is 16.9 Å². The molecule has 0 bridgehead atoms. The molecule has 0 radical (unpaired) electrons. The normalized spacial score (nSPS) is 11.2. The highest BCUT2D eigenvalue weighted by Crippen LogP contribution is 2.14. The molecule has 0 atom stereocenters. The molecule has 3 rings (SSSR count).